The first-order valence-electron chi connectivity index (χ1n) is 5.05. The summed E-state index contributed by atoms with van der Waals surface area (Å²) in [6.45, 7) is 3.09. The van der Waals surface area contributed by atoms with Crippen LogP contribution in [0.25, 0.3) is 0 Å². The summed E-state index contributed by atoms with van der Waals surface area (Å²) in [6, 6.07) is 0. The molecule has 0 aromatic carbocycles. The van der Waals surface area contributed by atoms with Crippen LogP contribution in [0, 0.1) is 0 Å². The van der Waals surface area contributed by atoms with Crippen molar-refractivity contribution in [2.24, 2.45) is 5.73 Å². The molecule has 0 aliphatic carbocycles. The van der Waals surface area contributed by atoms with Crippen molar-refractivity contribution in [3.63, 3.8) is 0 Å². The molecule has 0 saturated carbocycles. The minimum absolute atomic E-state index is 0.0748. The van der Waals surface area contributed by atoms with E-state index in [0.717, 1.165) is 11.4 Å². The zero-order valence-corrected chi connectivity index (χ0v) is 10.0. The number of hydrogen-bond acceptors (Lipinski definition) is 4. The highest BCUT2D eigenvalue weighted by Gasteiger charge is 2.10. The van der Waals surface area contributed by atoms with Gasteiger partial charge in [0.2, 0.25) is 5.91 Å². The third kappa shape index (κ3) is 3.60. The number of carbonyl (C=O) groups is 1. The van der Waals surface area contributed by atoms with Crippen LogP contribution >= 0.6 is 11.3 Å². The Morgan fingerprint density at radius 3 is 2.93 bits per heavy atom. The topological polar surface area (TPSA) is 59.2 Å². The Kier molecular flexibility index (Phi) is 4.71. The normalized spacial score (nSPS) is 10.3. The predicted octanol–water partition coefficient (Wildman–Crippen LogP) is 1.01. The fraction of sp³-hybridized carbons (Fsp3) is 0.600. The molecular formula is C10H17N3OS. The lowest BCUT2D eigenvalue weighted by Crippen LogP contribution is -2.27. The van der Waals surface area contributed by atoms with Gasteiger partial charge in [-0.15, -0.1) is 11.3 Å². The van der Waals surface area contributed by atoms with Gasteiger partial charge in [0.1, 0.15) is 5.01 Å². The van der Waals surface area contributed by atoms with Crippen molar-refractivity contribution in [2.75, 3.05) is 13.6 Å². The first-order chi connectivity index (χ1) is 7.17. The van der Waals surface area contributed by atoms with Gasteiger partial charge >= 0.3 is 0 Å². The van der Waals surface area contributed by atoms with Crippen LogP contribution < -0.4 is 5.73 Å². The van der Waals surface area contributed by atoms with Crippen LogP contribution in [0.15, 0.2) is 6.20 Å². The highest BCUT2D eigenvalue weighted by atomic mass is 32.1. The molecule has 0 saturated heterocycles. The maximum atomic E-state index is 11.4. The summed E-state index contributed by atoms with van der Waals surface area (Å²) in [7, 11) is 1.78. The molecule has 0 radical (unpaired) electrons. The van der Waals surface area contributed by atoms with Gasteiger partial charge in [-0.1, -0.05) is 6.92 Å². The van der Waals surface area contributed by atoms with Crippen molar-refractivity contribution in [2.45, 2.75) is 26.3 Å². The van der Waals surface area contributed by atoms with E-state index in [1.165, 1.54) is 4.88 Å². The molecule has 2 N–H and O–H groups in total. The molecule has 1 amide bonds. The molecule has 0 aliphatic heterocycles. The van der Waals surface area contributed by atoms with E-state index < -0.39 is 0 Å². The Labute approximate surface area is 94.1 Å². The van der Waals surface area contributed by atoms with Gasteiger partial charge in [-0.2, -0.15) is 0 Å². The highest BCUT2D eigenvalue weighted by molar-refractivity contribution is 7.11. The molecule has 0 bridgehead atoms. The van der Waals surface area contributed by atoms with Crippen molar-refractivity contribution in [1.82, 2.24) is 9.88 Å². The molecule has 0 unspecified atom stereocenters. The Hall–Kier alpha value is -0.940. The van der Waals surface area contributed by atoms with Gasteiger partial charge in [0.25, 0.3) is 0 Å². The average Bonchev–Trinajstić information content (AvgIpc) is 2.66. The zero-order valence-electron chi connectivity index (χ0n) is 9.19. The number of rotatable bonds is 5. The van der Waals surface area contributed by atoms with Crippen molar-refractivity contribution < 1.29 is 4.79 Å². The van der Waals surface area contributed by atoms with E-state index in [-0.39, 0.29) is 5.91 Å². The summed E-state index contributed by atoms with van der Waals surface area (Å²) in [4.78, 5) is 18.6. The molecule has 1 aromatic rings. The number of nitrogens with zero attached hydrogens (tertiary/aromatic N) is 2. The molecule has 1 heterocycles. The van der Waals surface area contributed by atoms with Gasteiger partial charge in [-0.25, -0.2) is 4.98 Å². The summed E-state index contributed by atoms with van der Waals surface area (Å²) < 4.78 is 0. The highest BCUT2D eigenvalue weighted by Crippen LogP contribution is 2.14. The van der Waals surface area contributed by atoms with Crippen molar-refractivity contribution in [1.29, 1.82) is 0 Å². The largest absolute Gasteiger partial charge is 0.339 e. The van der Waals surface area contributed by atoms with Gasteiger partial charge in [0, 0.05) is 31.1 Å². The first kappa shape index (κ1) is 12.1. The monoisotopic (exact) mass is 227 g/mol. The maximum absolute atomic E-state index is 11.4. The quantitative estimate of drug-likeness (QED) is 0.816. The third-order valence-corrected chi connectivity index (χ3v) is 3.23. The molecule has 1 rings (SSSR count). The molecule has 84 valence electrons. The number of carbonyl (C=O) groups excluding carboxylic acids is 1. The fourth-order valence-corrected chi connectivity index (χ4v) is 2.11. The number of amides is 1. The number of nitrogens with two attached hydrogens (primary N) is 1. The fourth-order valence-electron chi connectivity index (χ4n) is 1.19. The predicted molar refractivity (Wildman–Crippen MR) is 61.6 cm³/mol. The average molecular weight is 227 g/mol. The van der Waals surface area contributed by atoms with Gasteiger partial charge in [-0.3, -0.25) is 4.79 Å². The molecule has 5 heteroatoms. The summed E-state index contributed by atoms with van der Waals surface area (Å²) in [6.07, 6.45) is 3.28. The number of hydrogen-bond donors (Lipinski definition) is 1. The molecule has 0 fully saturated rings. The number of aromatic nitrogens is 1. The summed E-state index contributed by atoms with van der Waals surface area (Å²) in [5.41, 5.74) is 5.33. The Morgan fingerprint density at radius 1 is 1.67 bits per heavy atom. The summed E-state index contributed by atoms with van der Waals surface area (Å²) in [5, 5.41) is 0.986. The maximum Gasteiger partial charge on any atom is 0.223 e. The van der Waals surface area contributed by atoms with Crippen molar-refractivity contribution in [3.05, 3.63) is 16.1 Å². The van der Waals surface area contributed by atoms with Crippen molar-refractivity contribution in [3.8, 4) is 0 Å². The molecular weight excluding hydrogens is 210 g/mol. The lowest BCUT2D eigenvalue weighted by Gasteiger charge is -2.14. The van der Waals surface area contributed by atoms with Crippen molar-refractivity contribution >= 4 is 17.2 Å². The molecule has 0 aliphatic rings. The van der Waals surface area contributed by atoms with Gasteiger partial charge < -0.3 is 10.6 Å². The SMILES string of the molecule is CCc1cnc(CN(C)C(=O)CCN)s1. The molecule has 4 nitrogen and oxygen atoms in total. The second-order valence-corrected chi connectivity index (χ2v) is 4.56. The van der Waals surface area contributed by atoms with E-state index in [4.69, 9.17) is 5.73 Å². The second kappa shape index (κ2) is 5.82. The van der Waals surface area contributed by atoms with Gasteiger partial charge in [0.15, 0.2) is 0 Å². The van der Waals surface area contributed by atoms with Crippen LogP contribution in [0.3, 0.4) is 0 Å². The van der Waals surface area contributed by atoms with E-state index in [1.54, 1.807) is 23.3 Å². The number of thiazole rings is 1. The second-order valence-electron chi connectivity index (χ2n) is 3.36. The smallest absolute Gasteiger partial charge is 0.223 e. The van der Waals surface area contributed by atoms with E-state index in [1.807, 2.05) is 6.20 Å². The third-order valence-electron chi connectivity index (χ3n) is 2.11. The van der Waals surface area contributed by atoms with E-state index in [2.05, 4.69) is 11.9 Å². The van der Waals surface area contributed by atoms with Crippen LogP contribution in [-0.2, 0) is 17.8 Å². The van der Waals surface area contributed by atoms with Gasteiger partial charge in [0.05, 0.1) is 6.54 Å². The summed E-state index contributed by atoms with van der Waals surface area (Å²) >= 11 is 1.66. The molecule has 0 spiro atoms. The van der Waals surface area contributed by atoms with Crippen LogP contribution in [0.4, 0.5) is 0 Å². The minimum atomic E-state index is 0.0748. The lowest BCUT2D eigenvalue weighted by molar-refractivity contribution is -0.130. The van der Waals surface area contributed by atoms with E-state index >= 15 is 0 Å². The standard InChI is InChI=1S/C10H17N3OS/c1-3-8-6-12-9(15-8)7-13(2)10(14)4-5-11/h6H,3-5,7,11H2,1-2H3. The number of aryl methyl sites for hydroxylation is 1. The van der Waals surface area contributed by atoms with Crippen LogP contribution in [-0.4, -0.2) is 29.4 Å². The molecule has 15 heavy (non-hydrogen) atoms. The Morgan fingerprint density at radius 2 is 2.40 bits per heavy atom. The molecule has 0 atom stereocenters. The Balaban J connectivity index is 2.50. The van der Waals surface area contributed by atoms with Crippen LogP contribution in [0.2, 0.25) is 0 Å². The van der Waals surface area contributed by atoms with Gasteiger partial charge in [-0.05, 0) is 6.42 Å². The lowest BCUT2D eigenvalue weighted by atomic mass is 10.4. The zero-order chi connectivity index (χ0) is 11.3. The van der Waals surface area contributed by atoms with Crippen LogP contribution in [0.1, 0.15) is 23.2 Å². The minimum Gasteiger partial charge on any atom is -0.339 e. The van der Waals surface area contributed by atoms with E-state index in [9.17, 15) is 4.79 Å². The van der Waals surface area contributed by atoms with E-state index in [0.29, 0.717) is 19.5 Å². The summed E-state index contributed by atoms with van der Waals surface area (Å²) in [5.74, 6) is 0.0748. The molecule has 1 aromatic heterocycles. The first-order valence-corrected chi connectivity index (χ1v) is 5.86. The van der Waals surface area contributed by atoms with Crippen LogP contribution in [0.5, 0.6) is 0 Å². The Bertz CT molecular complexity index is 324.